The molecule has 0 unspecified atom stereocenters. The number of carbonyl (C=O) groups excluding carboxylic acids is 2. The van der Waals surface area contributed by atoms with Gasteiger partial charge in [-0.2, -0.15) is 0 Å². The van der Waals surface area contributed by atoms with Gasteiger partial charge in [0.05, 0.1) is 5.69 Å². The molecule has 6 aliphatic rings. The molecular formula is C37H47NO4. The molecule has 42 heavy (non-hydrogen) atoms. The number of aromatic hydroxyl groups is 2. The van der Waals surface area contributed by atoms with E-state index in [-0.39, 0.29) is 10.8 Å². The maximum atomic E-state index is 12.4. The van der Waals surface area contributed by atoms with Crippen molar-refractivity contribution >= 4 is 17.3 Å². The molecule has 5 heteroatoms. The third-order valence-corrected chi connectivity index (χ3v) is 13.3. The normalized spacial score (nSPS) is 37.7. The maximum absolute atomic E-state index is 12.4. The lowest BCUT2D eigenvalue weighted by Crippen LogP contribution is -2.42. The third-order valence-electron chi connectivity index (χ3n) is 13.3. The van der Waals surface area contributed by atoms with E-state index in [4.69, 9.17) is 0 Å². The topological polar surface area (TPSA) is 86.6 Å². The van der Waals surface area contributed by atoms with Gasteiger partial charge in [0.2, 0.25) is 0 Å². The zero-order valence-corrected chi connectivity index (χ0v) is 25.5. The molecule has 4 fully saturated rings. The molecule has 2 aromatic carbocycles. The fourth-order valence-electron chi connectivity index (χ4n) is 11.0. The summed E-state index contributed by atoms with van der Waals surface area (Å²) in [6.07, 6.45) is 12.5. The van der Waals surface area contributed by atoms with Gasteiger partial charge < -0.3 is 15.5 Å². The average Bonchev–Trinajstić information content (AvgIpc) is 3.47. The van der Waals surface area contributed by atoms with Gasteiger partial charge in [-0.3, -0.25) is 9.59 Å². The summed E-state index contributed by atoms with van der Waals surface area (Å²) < 4.78 is 0. The summed E-state index contributed by atoms with van der Waals surface area (Å²) in [5, 5.41) is 22.9. The van der Waals surface area contributed by atoms with E-state index < -0.39 is 0 Å². The Bertz CT molecular complexity index is 1430. The van der Waals surface area contributed by atoms with Crippen molar-refractivity contribution in [2.24, 2.45) is 34.5 Å². The fraction of sp³-hybridized carbons (Fsp3) is 0.622. The van der Waals surface area contributed by atoms with Crippen LogP contribution in [0.4, 0.5) is 5.69 Å². The van der Waals surface area contributed by atoms with Crippen molar-refractivity contribution in [2.75, 3.05) is 12.4 Å². The second-order valence-electron chi connectivity index (χ2n) is 14.8. The van der Waals surface area contributed by atoms with Crippen molar-refractivity contribution in [1.82, 2.24) is 0 Å². The van der Waals surface area contributed by atoms with E-state index in [0.717, 1.165) is 76.3 Å². The predicted molar refractivity (Wildman–Crippen MR) is 165 cm³/mol. The Balaban J connectivity index is 0.000000138. The predicted octanol–water partition coefficient (Wildman–Crippen LogP) is 7.68. The molecule has 224 valence electrons. The minimum atomic E-state index is -0.0541. The zero-order valence-electron chi connectivity index (χ0n) is 25.5. The second-order valence-corrected chi connectivity index (χ2v) is 14.8. The lowest BCUT2D eigenvalue weighted by Gasteiger charge is -2.48. The van der Waals surface area contributed by atoms with E-state index in [1.54, 1.807) is 0 Å². The van der Waals surface area contributed by atoms with E-state index in [2.05, 4.69) is 31.3 Å². The van der Waals surface area contributed by atoms with Crippen LogP contribution in [0.3, 0.4) is 0 Å². The Morgan fingerprint density at radius 2 is 1.29 bits per heavy atom. The number of fused-ring (bicyclic) bond motifs is 10. The number of nitrogens with one attached hydrogen (secondary N) is 1. The molecule has 6 aliphatic carbocycles. The zero-order chi connectivity index (χ0) is 29.4. The summed E-state index contributed by atoms with van der Waals surface area (Å²) in [5.41, 5.74) is 6.32. The summed E-state index contributed by atoms with van der Waals surface area (Å²) >= 11 is 0. The fourth-order valence-corrected chi connectivity index (χ4v) is 11.0. The highest BCUT2D eigenvalue weighted by molar-refractivity contribution is 5.87. The molecule has 0 bridgehead atoms. The van der Waals surface area contributed by atoms with Gasteiger partial charge in [0, 0.05) is 30.7 Å². The summed E-state index contributed by atoms with van der Waals surface area (Å²) in [5.74, 6) is 5.43. The number of rotatable bonds is 1. The lowest BCUT2D eigenvalue weighted by molar-refractivity contribution is -0.130. The monoisotopic (exact) mass is 569 g/mol. The molecule has 0 aromatic heterocycles. The SMILES string of the molecule is CNc1c(O)ccc2c1CC[C@@H]1[C@@H]2CC[C@]2(C)C(=O)CC[C@@H]12.C[C@]12CC[C@@H]3c4ccc(O)cc4CC[C@H]3[C@@H]1CCC2=O. The molecule has 8 rings (SSSR count). The van der Waals surface area contributed by atoms with Crippen LogP contribution in [0.25, 0.3) is 0 Å². The molecular weight excluding hydrogens is 522 g/mol. The molecule has 0 saturated heterocycles. The van der Waals surface area contributed by atoms with E-state index in [1.807, 2.05) is 25.2 Å². The highest BCUT2D eigenvalue weighted by Crippen LogP contribution is 2.61. The van der Waals surface area contributed by atoms with E-state index >= 15 is 0 Å². The number of aryl methyl sites for hydroxylation is 1. The molecule has 0 radical (unpaired) electrons. The van der Waals surface area contributed by atoms with Crippen LogP contribution in [0, 0.1) is 34.5 Å². The summed E-state index contributed by atoms with van der Waals surface area (Å²) in [6, 6.07) is 9.86. The number of anilines is 1. The Morgan fingerprint density at radius 3 is 1.90 bits per heavy atom. The number of phenols is 2. The van der Waals surface area contributed by atoms with Gasteiger partial charge in [-0.25, -0.2) is 0 Å². The van der Waals surface area contributed by atoms with E-state index in [0.29, 0.717) is 58.6 Å². The Labute approximate surface area is 250 Å². The number of carbonyl (C=O) groups is 2. The first kappa shape index (κ1) is 28.0. The Kier molecular flexibility index (Phi) is 6.75. The minimum Gasteiger partial charge on any atom is -0.508 e. The maximum Gasteiger partial charge on any atom is 0.139 e. The van der Waals surface area contributed by atoms with Gasteiger partial charge >= 0.3 is 0 Å². The first-order valence-corrected chi connectivity index (χ1v) is 16.6. The van der Waals surface area contributed by atoms with Gasteiger partial charge in [0.25, 0.3) is 0 Å². The number of phenolic OH excluding ortho intramolecular Hbond substituents is 2. The molecule has 2 aromatic rings. The largest absolute Gasteiger partial charge is 0.508 e. The highest BCUT2D eigenvalue weighted by atomic mass is 16.3. The van der Waals surface area contributed by atoms with Crippen LogP contribution in [0.2, 0.25) is 0 Å². The van der Waals surface area contributed by atoms with Crippen LogP contribution >= 0.6 is 0 Å². The molecule has 0 heterocycles. The van der Waals surface area contributed by atoms with Crippen LogP contribution in [-0.2, 0) is 22.4 Å². The lowest BCUT2D eigenvalue weighted by atomic mass is 9.55. The standard InChI is InChI=1S/C19H25NO2.C18H22O2/c1-19-10-9-12-11-5-7-16(21)18(20-2)14(11)4-3-13(12)15(19)6-8-17(19)22;1-18-9-8-14-13-5-3-12(19)10-11(13)2-4-15(14)16(18)6-7-17(18)20/h5,7,12-13,15,20-21H,3-4,6,8-10H2,1-2H3;3,5,10,14-16,19H,2,4,6-9H2,1H3/t12-,13-,15+,19+;14-,15-,16+,18+/m11/s1. The number of benzene rings is 2. The molecule has 4 saturated carbocycles. The van der Waals surface area contributed by atoms with Gasteiger partial charge in [-0.05, 0) is 140 Å². The van der Waals surface area contributed by atoms with Gasteiger partial charge in [0.1, 0.15) is 23.1 Å². The Hall–Kier alpha value is -2.82. The van der Waals surface area contributed by atoms with Crippen molar-refractivity contribution in [3.8, 4) is 11.5 Å². The molecule has 3 N–H and O–H groups in total. The Morgan fingerprint density at radius 1 is 0.714 bits per heavy atom. The third kappa shape index (κ3) is 4.08. The van der Waals surface area contributed by atoms with Crippen molar-refractivity contribution in [3.05, 3.63) is 52.6 Å². The van der Waals surface area contributed by atoms with Crippen molar-refractivity contribution in [1.29, 1.82) is 0 Å². The minimum absolute atomic E-state index is 0.0322. The van der Waals surface area contributed by atoms with E-state index in [1.165, 1.54) is 28.7 Å². The molecule has 0 aliphatic heterocycles. The summed E-state index contributed by atoms with van der Waals surface area (Å²) in [7, 11) is 1.88. The first-order valence-electron chi connectivity index (χ1n) is 16.6. The first-order chi connectivity index (χ1) is 20.2. The quantitative estimate of drug-likeness (QED) is 0.307. The van der Waals surface area contributed by atoms with Crippen LogP contribution < -0.4 is 5.32 Å². The van der Waals surface area contributed by atoms with Crippen molar-refractivity contribution < 1.29 is 19.8 Å². The number of ketones is 2. The van der Waals surface area contributed by atoms with Gasteiger partial charge in [0.15, 0.2) is 0 Å². The summed E-state index contributed by atoms with van der Waals surface area (Å²) in [6.45, 7) is 4.43. The number of hydrogen-bond donors (Lipinski definition) is 3. The second kappa shape index (κ2) is 10.1. The van der Waals surface area contributed by atoms with Crippen LogP contribution in [0.5, 0.6) is 11.5 Å². The van der Waals surface area contributed by atoms with Crippen molar-refractivity contribution in [3.63, 3.8) is 0 Å². The van der Waals surface area contributed by atoms with Gasteiger partial charge in [-0.15, -0.1) is 0 Å². The highest BCUT2D eigenvalue weighted by Gasteiger charge is 2.55. The van der Waals surface area contributed by atoms with Crippen LogP contribution in [0.1, 0.15) is 112 Å². The average molecular weight is 570 g/mol. The molecule has 0 amide bonds. The molecule has 5 nitrogen and oxygen atoms in total. The number of Topliss-reactive ketones (excluding diaryl/α,β-unsaturated/α-hetero) is 2. The smallest absolute Gasteiger partial charge is 0.139 e. The molecule has 0 spiro atoms. The van der Waals surface area contributed by atoms with Crippen molar-refractivity contribution in [2.45, 2.75) is 103 Å². The summed E-state index contributed by atoms with van der Waals surface area (Å²) in [4.78, 5) is 24.6. The van der Waals surface area contributed by atoms with Crippen LogP contribution in [0.15, 0.2) is 30.3 Å². The van der Waals surface area contributed by atoms with Crippen LogP contribution in [-0.4, -0.2) is 28.8 Å². The van der Waals surface area contributed by atoms with Gasteiger partial charge in [-0.1, -0.05) is 26.0 Å². The number of hydrogen-bond acceptors (Lipinski definition) is 5. The molecule has 8 atom stereocenters. The van der Waals surface area contributed by atoms with E-state index in [9.17, 15) is 19.8 Å².